The number of alkyl halides is 1. The van der Waals surface area contributed by atoms with Gasteiger partial charge in [-0.1, -0.05) is 24.8 Å². The van der Waals surface area contributed by atoms with Gasteiger partial charge in [-0.3, -0.25) is 0 Å². The van der Waals surface area contributed by atoms with Crippen molar-refractivity contribution in [1.29, 1.82) is 0 Å². The molecule has 0 aliphatic rings. The molecule has 2 heteroatoms. The van der Waals surface area contributed by atoms with Crippen LogP contribution in [0.3, 0.4) is 0 Å². The van der Waals surface area contributed by atoms with E-state index in [0.29, 0.717) is 12.5 Å². The van der Waals surface area contributed by atoms with E-state index in [-0.39, 0.29) is 0 Å². The Kier molecular flexibility index (Phi) is 3.84. The van der Waals surface area contributed by atoms with Crippen molar-refractivity contribution in [3.05, 3.63) is 42.0 Å². The maximum atomic E-state index is 5.58. The lowest BCUT2D eigenvalue weighted by Gasteiger charge is -2.08. The average Bonchev–Trinajstić information content (AvgIpc) is 2.16. The molecule has 0 heterocycles. The lowest BCUT2D eigenvalue weighted by atomic mass is 10.2. The van der Waals surface area contributed by atoms with Crippen molar-refractivity contribution >= 4 is 11.6 Å². The molecule has 0 saturated carbocycles. The topological polar surface area (TPSA) is 9.23 Å². The molecule has 0 unspecified atom stereocenters. The SMILES string of the molecule is C=C(CCl)COc1ccccc1C. The molecule has 1 nitrogen and oxygen atoms in total. The van der Waals surface area contributed by atoms with Crippen molar-refractivity contribution in [2.45, 2.75) is 6.92 Å². The van der Waals surface area contributed by atoms with Gasteiger partial charge in [0.25, 0.3) is 0 Å². The zero-order valence-electron chi connectivity index (χ0n) is 7.72. The Bertz CT molecular complexity index is 294. The van der Waals surface area contributed by atoms with Crippen molar-refractivity contribution in [1.82, 2.24) is 0 Å². The smallest absolute Gasteiger partial charge is 0.122 e. The van der Waals surface area contributed by atoms with Crippen LogP contribution in [0.5, 0.6) is 5.75 Å². The summed E-state index contributed by atoms with van der Waals surface area (Å²) in [6, 6.07) is 7.89. The summed E-state index contributed by atoms with van der Waals surface area (Å²) >= 11 is 5.58. The third-order valence-electron chi connectivity index (χ3n) is 1.71. The molecule has 70 valence electrons. The van der Waals surface area contributed by atoms with Gasteiger partial charge < -0.3 is 4.74 Å². The third-order valence-corrected chi connectivity index (χ3v) is 2.09. The monoisotopic (exact) mass is 196 g/mol. The molecule has 0 spiro atoms. The standard InChI is InChI=1S/C11H13ClO/c1-9(7-12)8-13-11-6-4-3-5-10(11)2/h3-6H,1,7-8H2,2H3. The lowest BCUT2D eigenvalue weighted by molar-refractivity contribution is 0.350. The van der Waals surface area contributed by atoms with Gasteiger partial charge in [0.1, 0.15) is 12.4 Å². The second kappa shape index (κ2) is 4.93. The maximum Gasteiger partial charge on any atom is 0.122 e. The first-order chi connectivity index (χ1) is 6.24. The van der Waals surface area contributed by atoms with E-state index in [1.165, 1.54) is 0 Å². The molecule has 1 aromatic carbocycles. The number of aryl methyl sites for hydroxylation is 1. The second-order valence-electron chi connectivity index (χ2n) is 2.94. The molecule has 0 atom stereocenters. The molecular weight excluding hydrogens is 184 g/mol. The van der Waals surface area contributed by atoms with Gasteiger partial charge in [0.15, 0.2) is 0 Å². The summed E-state index contributed by atoms with van der Waals surface area (Å²) in [4.78, 5) is 0. The van der Waals surface area contributed by atoms with E-state index >= 15 is 0 Å². The van der Waals surface area contributed by atoms with Crippen LogP contribution in [-0.4, -0.2) is 12.5 Å². The first kappa shape index (κ1) is 10.1. The minimum Gasteiger partial charge on any atom is -0.489 e. The van der Waals surface area contributed by atoms with Crippen molar-refractivity contribution in [2.75, 3.05) is 12.5 Å². The number of halogens is 1. The number of benzene rings is 1. The van der Waals surface area contributed by atoms with Crippen molar-refractivity contribution in [2.24, 2.45) is 0 Å². The van der Waals surface area contributed by atoms with E-state index in [1.54, 1.807) is 0 Å². The van der Waals surface area contributed by atoms with E-state index in [4.69, 9.17) is 16.3 Å². The Labute approximate surface area is 84.0 Å². The first-order valence-electron chi connectivity index (χ1n) is 4.15. The summed E-state index contributed by atoms with van der Waals surface area (Å²) in [5, 5.41) is 0. The summed E-state index contributed by atoms with van der Waals surface area (Å²) < 4.78 is 5.51. The van der Waals surface area contributed by atoms with Crippen molar-refractivity contribution in [3.8, 4) is 5.75 Å². The highest BCUT2D eigenvalue weighted by atomic mass is 35.5. The van der Waals surface area contributed by atoms with Gasteiger partial charge in [-0.2, -0.15) is 0 Å². The predicted octanol–water partition coefficient (Wildman–Crippen LogP) is 3.17. The van der Waals surface area contributed by atoms with Crippen molar-refractivity contribution in [3.63, 3.8) is 0 Å². The molecule has 0 bridgehead atoms. The molecule has 0 aliphatic heterocycles. The molecule has 0 N–H and O–H groups in total. The normalized spacial score (nSPS) is 9.69. The number of hydrogen-bond donors (Lipinski definition) is 0. The molecule has 0 fully saturated rings. The van der Waals surface area contributed by atoms with Gasteiger partial charge in [0, 0.05) is 5.88 Å². The van der Waals surface area contributed by atoms with Gasteiger partial charge in [-0.25, -0.2) is 0 Å². The first-order valence-corrected chi connectivity index (χ1v) is 4.68. The van der Waals surface area contributed by atoms with Crippen LogP contribution in [0.2, 0.25) is 0 Å². The van der Waals surface area contributed by atoms with E-state index in [2.05, 4.69) is 6.58 Å². The molecule has 0 amide bonds. The Morgan fingerprint density at radius 1 is 1.46 bits per heavy atom. The number of para-hydroxylation sites is 1. The molecule has 0 saturated heterocycles. The second-order valence-corrected chi connectivity index (χ2v) is 3.21. The summed E-state index contributed by atoms with van der Waals surface area (Å²) in [6.45, 7) is 6.27. The predicted molar refractivity (Wildman–Crippen MR) is 56.5 cm³/mol. The Hall–Kier alpha value is -0.950. The molecule has 1 rings (SSSR count). The highest BCUT2D eigenvalue weighted by Gasteiger charge is 1.98. The quantitative estimate of drug-likeness (QED) is 0.531. The average molecular weight is 197 g/mol. The van der Waals surface area contributed by atoms with Gasteiger partial charge in [-0.15, -0.1) is 11.6 Å². The van der Waals surface area contributed by atoms with Gasteiger partial charge >= 0.3 is 0 Å². The Balaban J connectivity index is 2.54. The Morgan fingerprint density at radius 3 is 2.77 bits per heavy atom. The lowest BCUT2D eigenvalue weighted by Crippen LogP contribution is -2.01. The fraction of sp³-hybridized carbons (Fsp3) is 0.273. The summed E-state index contributed by atoms with van der Waals surface area (Å²) in [7, 11) is 0. The van der Waals surface area contributed by atoms with Crippen LogP contribution >= 0.6 is 11.6 Å². The van der Waals surface area contributed by atoms with Crippen LogP contribution in [0, 0.1) is 6.92 Å². The fourth-order valence-electron chi connectivity index (χ4n) is 0.937. The summed E-state index contributed by atoms with van der Waals surface area (Å²) in [6.07, 6.45) is 0. The molecule has 13 heavy (non-hydrogen) atoms. The zero-order valence-corrected chi connectivity index (χ0v) is 8.47. The summed E-state index contributed by atoms with van der Waals surface area (Å²) in [5.74, 6) is 1.35. The van der Waals surface area contributed by atoms with Crippen LogP contribution in [0.25, 0.3) is 0 Å². The van der Waals surface area contributed by atoms with Crippen molar-refractivity contribution < 1.29 is 4.74 Å². The van der Waals surface area contributed by atoms with Crippen LogP contribution < -0.4 is 4.74 Å². The molecule has 0 radical (unpaired) electrons. The minimum atomic E-state index is 0.450. The largest absolute Gasteiger partial charge is 0.489 e. The van der Waals surface area contributed by atoms with Crippen LogP contribution in [0.1, 0.15) is 5.56 Å². The van der Waals surface area contributed by atoms with E-state index in [0.717, 1.165) is 16.9 Å². The summed E-state index contributed by atoms with van der Waals surface area (Å²) in [5.41, 5.74) is 2.02. The number of ether oxygens (including phenoxy) is 1. The van der Waals surface area contributed by atoms with E-state index < -0.39 is 0 Å². The van der Waals surface area contributed by atoms with Crippen LogP contribution in [0.15, 0.2) is 36.4 Å². The maximum absolute atomic E-state index is 5.58. The van der Waals surface area contributed by atoms with E-state index in [1.807, 2.05) is 31.2 Å². The van der Waals surface area contributed by atoms with Gasteiger partial charge in [0.2, 0.25) is 0 Å². The van der Waals surface area contributed by atoms with E-state index in [9.17, 15) is 0 Å². The highest BCUT2D eigenvalue weighted by molar-refractivity contribution is 6.19. The fourth-order valence-corrected chi connectivity index (χ4v) is 1.01. The zero-order chi connectivity index (χ0) is 9.68. The third kappa shape index (κ3) is 3.11. The minimum absolute atomic E-state index is 0.450. The molecular formula is C11H13ClO. The van der Waals surface area contributed by atoms with Gasteiger partial charge in [-0.05, 0) is 24.1 Å². The van der Waals surface area contributed by atoms with Crippen LogP contribution in [-0.2, 0) is 0 Å². The number of hydrogen-bond acceptors (Lipinski definition) is 1. The number of rotatable bonds is 4. The highest BCUT2D eigenvalue weighted by Crippen LogP contribution is 2.16. The van der Waals surface area contributed by atoms with Gasteiger partial charge in [0.05, 0.1) is 0 Å². The molecule has 0 aromatic heterocycles. The molecule has 0 aliphatic carbocycles. The molecule has 1 aromatic rings. The Morgan fingerprint density at radius 2 is 2.15 bits per heavy atom. The van der Waals surface area contributed by atoms with Crippen LogP contribution in [0.4, 0.5) is 0 Å².